The predicted molar refractivity (Wildman–Crippen MR) is 103 cm³/mol. The highest BCUT2D eigenvalue weighted by atomic mass is 16.5. The number of nitrogens with zero attached hydrogens (tertiary/aromatic N) is 4. The molecular formula is C21H28N4O2. The number of hydrogen-bond acceptors (Lipinski definition) is 4. The van der Waals surface area contributed by atoms with Gasteiger partial charge in [0.1, 0.15) is 12.4 Å². The number of aromatic nitrogens is 2. The van der Waals surface area contributed by atoms with E-state index >= 15 is 0 Å². The van der Waals surface area contributed by atoms with Gasteiger partial charge in [0, 0.05) is 44.5 Å². The van der Waals surface area contributed by atoms with E-state index in [0.29, 0.717) is 19.1 Å². The highest BCUT2D eigenvalue weighted by Gasteiger charge is 2.25. The van der Waals surface area contributed by atoms with Gasteiger partial charge in [-0.3, -0.25) is 14.4 Å². The third-order valence-corrected chi connectivity index (χ3v) is 5.57. The summed E-state index contributed by atoms with van der Waals surface area (Å²) >= 11 is 0. The van der Waals surface area contributed by atoms with E-state index in [1.807, 2.05) is 34.0 Å². The molecule has 144 valence electrons. The van der Waals surface area contributed by atoms with Crippen LogP contribution in [0.25, 0.3) is 0 Å². The zero-order valence-corrected chi connectivity index (χ0v) is 16.0. The van der Waals surface area contributed by atoms with Crippen LogP contribution in [0.3, 0.4) is 0 Å². The van der Waals surface area contributed by atoms with E-state index in [9.17, 15) is 4.79 Å². The van der Waals surface area contributed by atoms with E-state index in [-0.39, 0.29) is 5.91 Å². The first kappa shape index (κ1) is 18.0. The highest BCUT2D eigenvalue weighted by molar-refractivity contribution is 5.78. The Hall–Kier alpha value is -2.34. The van der Waals surface area contributed by atoms with Crippen LogP contribution in [0.15, 0.2) is 36.7 Å². The lowest BCUT2D eigenvalue weighted by Crippen LogP contribution is -2.44. The average molecular weight is 368 g/mol. The Morgan fingerprint density at radius 1 is 1.22 bits per heavy atom. The second kappa shape index (κ2) is 8.13. The molecule has 2 aliphatic heterocycles. The van der Waals surface area contributed by atoms with Crippen molar-refractivity contribution >= 4 is 5.91 Å². The van der Waals surface area contributed by atoms with E-state index < -0.39 is 0 Å². The summed E-state index contributed by atoms with van der Waals surface area (Å²) in [6.45, 7) is 7.39. The second-order valence-electron chi connectivity index (χ2n) is 7.73. The molecular weight excluding hydrogens is 340 g/mol. The summed E-state index contributed by atoms with van der Waals surface area (Å²) in [5.41, 5.74) is 2.36. The second-order valence-corrected chi connectivity index (χ2v) is 7.73. The van der Waals surface area contributed by atoms with Crippen molar-refractivity contribution in [3.63, 3.8) is 0 Å². The number of carbonyl (C=O) groups is 1. The number of para-hydroxylation sites is 1. The number of ether oxygens (including phenoxy) is 1. The average Bonchev–Trinajstić information content (AvgIpc) is 2.97. The summed E-state index contributed by atoms with van der Waals surface area (Å²) in [7, 11) is 0. The molecule has 0 radical (unpaired) electrons. The van der Waals surface area contributed by atoms with Crippen molar-refractivity contribution in [3.8, 4) is 5.75 Å². The highest BCUT2D eigenvalue weighted by Crippen LogP contribution is 2.23. The number of fused-ring (bicyclic) bond motifs is 1. The lowest BCUT2D eigenvalue weighted by Gasteiger charge is -2.33. The van der Waals surface area contributed by atoms with E-state index in [0.717, 1.165) is 56.9 Å². The summed E-state index contributed by atoms with van der Waals surface area (Å²) in [5.74, 6) is 1.79. The molecule has 2 aliphatic rings. The van der Waals surface area contributed by atoms with E-state index in [2.05, 4.69) is 29.2 Å². The van der Waals surface area contributed by atoms with Crippen LogP contribution in [0.4, 0.5) is 0 Å². The van der Waals surface area contributed by atoms with Gasteiger partial charge in [-0.15, -0.1) is 0 Å². The first-order valence-corrected chi connectivity index (χ1v) is 9.87. The number of aryl methyl sites for hydroxylation is 1. The molecule has 0 spiro atoms. The fourth-order valence-corrected chi connectivity index (χ4v) is 4.00. The zero-order valence-electron chi connectivity index (χ0n) is 16.0. The molecule has 1 saturated heterocycles. The molecule has 0 unspecified atom stereocenters. The summed E-state index contributed by atoms with van der Waals surface area (Å²) in [4.78, 5) is 17.0. The van der Waals surface area contributed by atoms with Gasteiger partial charge in [0.15, 0.2) is 0 Å². The van der Waals surface area contributed by atoms with Gasteiger partial charge in [0.2, 0.25) is 5.91 Å². The number of amides is 1. The molecule has 4 rings (SSSR count). The van der Waals surface area contributed by atoms with Crippen LogP contribution in [-0.4, -0.2) is 58.3 Å². The summed E-state index contributed by atoms with van der Waals surface area (Å²) in [6.07, 6.45) is 6.10. The number of rotatable bonds is 4. The number of likely N-dealkylation sites (tertiary alicyclic amines) is 1. The SMILES string of the molecule is Cc1cnn(CC2CCN(C(=O)CN3CCOc4ccccc4C3)CC2)c1. The van der Waals surface area contributed by atoms with Crippen molar-refractivity contribution in [2.24, 2.45) is 5.92 Å². The molecule has 0 aliphatic carbocycles. The summed E-state index contributed by atoms with van der Waals surface area (Å²) in [6, 6.07) is 8.11. The Morgan fingerprint density at radius 3 is 2.81 bits per heavy atom. The minimum absolute atomic E-state index is 0.239. The topological polar surface area (TPSA) is 50.6 Å². The lowest BCUT2D eigenvalue weighted by molar-refractivity contribution is -0.134. The molecule has 0 bridgehead atoms. The van der Waals surface area contributed by atoms with Crippen LogP contribution >= 0.6 is 0 Å². The Balaban J connectivity index is 1.27. The minimum atomic E-state index is 0.239. The van der Waals surface area contributed by atoms with Crippen molar-refractivity contribution in [1.29, 1.82) is 0 Å². The molecule has 3 heterocycles. The Bertz CT molecular complexity index is 780. The fourth-order valence-electron chi connectivity index (χ4n) is 4.00. The van der Waals surface area contributed by atoms with Gasteiger partial charge in [-0.25, -0.2) is 0 Å². The van der Waals surface area contributed by atoms with Gasteiger partial charge in [0.25, 0.3) is 0 Å². The molecule has 6 heteroatoms. The van der Waals surface area contributed by atoms with Crippen LogP contribution < -0.4 is 4.74 Å². The monoisotopic (exact) mass is 368 g/mol. The molecule has 6 nitrogen and oxygen atoms in total. The number of carbonyl (C=O) groups excluding carboxylic acids is 1. The van der Waals surface area contributed by atoms with Crippen molar-refractivity contribution in [2.45, 2.75) is 32.9 Å². The van der Waals surface area contributed by atoms with Gasteiger partial charge in [-0.2, -0.15) is 5.10 Å². The molecule has 2 aromatic rings. The zero-order chi connectivity index (χ0) is 18.6. The van der Waals surface area contributed by atoms with Crippen LogP contribution in [0, 0.1) is 12.8 Å². The van der Waals surface area contributed by atoms with Crippen molar-refractivity contribution < 1.29 is 9.53 Å². The van der Waals surface area contributed by atoms with E-state index in [4.69, 9.17) is 4.74 Å². The minimum Gasteiger partial charge on any atom is -0.492 e. The Labute approximate surface area is 160 Å². The maximum Gasteiger partial charge on any atom is 0.236 e. The number of piperidine rings is 1. The standard InChI is InChI=1S/C21H28N4O2/c1-17-12-22-25(13-17)14-18-6-8-24(9-7-18)21(26)16-23-10-11-27-20-5-3-2-4-19(20)15-23/h2-5,12-13,18H,6-11,14-16H2,1H3. The molecule has 1 amide bonds. The van der Waals surface area contributed by atoms with E-state index in [1.54, 1.807) is 0 Å². The third kappa shape index (κ3) is 4.50. The van der Waals surface area contributed by atoms with Gasteiger partial charge in [-0.1, -0.05) is 18.2 Å². The van der Waals surface area contributed by atoms with Gasteiger partial charge < -0.3 is 9.64 Å². The predicted octanol–water partition coefficient (Wildman–Crippen LogP) is 2.32. The van der Waals surface area contributed by atoms with Crippen LogP contribution in [-0.2, 0) is 17.9 Å². The molecule has 1 fully saturated rings. The summed E-state index contributed by atoms with van der Waals surface area (Å²) < 4.78 is 7.84. The molecule has 1 aromatic carbocycles. The largest absolute Gasteiger partial charge is 0.492 e. The first-order chi connectivity index (χ1) is 13.2. The van der Waals surface area contributed by atoms with Crippen LogP contribution in [0.5, 0.6) is 5.75 Å². The van der Waals surface area contributed by atoms with Crippen LogP contribution in [0.1, 0.15) is 24.0 Å². The van der Waals surface area contributed by atoms with Crippen molar-refractivity contribution in [1.82, 2.24) is 19.6 Å². The molecule has 0 N–H and O–H groups in total. The fraction of sp³-hybridized carbons (Fsp3) is 0.524. The Kier molecular flexibility index (Phi) is 5.43. The third-order valence-electron chi connectivity index (χ3n) is 5.57. The smallest absolute Gasteiger partial charge is 0.236 e. The molecule has 0 saturated carbocycles. The Morgan fingerprint density at radius 2 is 2.04 bits per heavy atom. The van der Waals surface area contributed by atoms with Gasteiger partial charge >= 0.3 is 0 Å². The van der Waals surface area contributed by atoms with Gasteiger partial charge in [-0.05, 0) is 37.3 Å². The van der Waals surface area contributed by atoms with Gasteiger partial charge in [0.05, 0.1) is 12.7 Å². The maximum absolute atomic E-state index is 12.8. The van der Waals surface area contributed by atoms with Crippen molar-refractivity contribution in [3.05, 3.63) is 47.8 Å². The quantitative estimate of drug-likeness (QED) is 0.831. The first-order valence-electron chi connectivity index (χ1n) is 9.87. The number of benzene rings is 1. The molecule has 1 aromatic heterocycles. The molecule has 0 atom stereocenters. The number of hydrogen-bond donors (Lipinski definition) is 0. The van der Waals surface area contributed by atoms with E-state index in [1.165, 1.54) is 5.56 Å². The normalized spacial score (nSPS) is 18.6. The summed E-state index contributed by atoms with van der Waals surface area (Å²) in [5, 5.41) is 4.39. The van der Waals surface area contributed by atoms with Crippen LogP contribution in [0.2, 0.25) is 0 Å². The lowest BCUT2D eigenvalue weighted by atomic mass is 9.97. The van der Waals surface area contributed by atoms with Crippen molar-refractivity contribution in [2.75, 3.05) is 32.8 Å². The molecule has 27 heavy (non-hydrogen) atoms. The maximum atomic E-state index is 12.8.